The summed E-state index contributed by atoms with van der Waals surface area (Å²) in [6, 6.07) is 4.69. The summed E-state index contributed by atoms with van der Waals surface area (Å²) < 4.78 is 0. The maximum atomic E-state index is 12.1. The van der Waals surface area contributed by atoms with Crippen molar-refractivity contribution in [3.8, 4) is 0 Å². The van der Waals surface area contributed by atoms with E-state index in [4.69, 9.17) is 0 Å². The molecule has 0 spiro atoms. The van der Waals surface area contributed by atoms with Crippen LogP contribution in [0.1, 0.15) is 36.2 Å². The zero-order valence-electron chi connectivity index (χ0n) is 9.24. The van der Waals surface area contributed by atoms with E-state index in [2.05, 4.69) is 4.98 Å². The van der Waals surface area contributed by atoms with Gasteiger partial charge in [-0.05, 0) is 18.9 Å². The summed E-state index contributed by atoms with van der Waals surface area (Å²) in [5.74, 6) is -0.0559. The number of pyridine rings is 1. The lowest BCUT2D eigenvalue weighted by Crippen LogP contribution is -2.33. The van der Waals surface area contributed by atoms with Gasteiger partial charge >= 0.3 is 0 Å². The molecule has 0 saturated carbocycles. The van der Waals surface area contributed by atoms with E-state index in [1.165, 1.54) is 18.9 Å². The SMILES string of the molecule is O=C(c1cccc(=O)[nH]1)N1CCCCCC1. The molecule has 1 aliphatic heterocycles. The Bertz CT molecular complexity index is 417. The molecule has 2 heterocycles. The van der Waals surface area contributed by atoms with Crippen LogP contribution in [-0.2, 0) is 0 Å². The van der Waals surface area contributed by atoms with Crippen LogP contribution in [0.5, 0.6) is 0 Å². The van der Waals surface area contributed by atoms with Crippen LogP contribution in [0.3, 0.4) is 0 Å². The standard InChI is InChI=1S/C12H16N2O2/c15-11-7-5-6-10(13-11)12(16)14-8-3-1-2-4-9-14/h5-7H,1-4,8-9H2,(H,13,15). The van der Waals surface area contributed by atoms with E-state index in [1.807, 2.05) is 4.90 Å². The van der Waals surface area contributed by atoms with Crippen molar-refractivity contribution < 1.29 is 4.79 Å². The highest BCUT2D eigenvalue weighted by molar-refractivity contribution is 5.92. The average Bonchev–Trinajstić information content (AvgIpc) is 2.56. The molecular weight excluding hydrogens is 204 g/mol. The second-order valence-electron chi connectivity index (χ2n) is 4.14. The third-order valence-electron chi connectivity index (χ3n) is 2.89. The van der Waals surface area contributed by atoms with Gasteiger partial charge in [-0.1, -0.05) is 18.9 Å². The van der Waals surface area contributed by atoms with Crippen molar-refractivity contribution in [3.05, 3.63) is 34.2 Å². The van der Waals surface area contributed by atoms with Crippen LogP contribution in [0.15, 0.2) is 23.0 Å². The predicted octanol–water partition coefficient (Wildman–Crippen LogP) is 1.39. The van der Waals surface area contributed by atoms with E-state index in [-0.39, 0.29) is 11.5 Å². The molecule has 4 heteroatoms. The maximum Gasteiger partial charge on any atom is 0.270 e. The summed E-state index contributed by atoms with van der Waals surface area (Å²) >= 11 is 0. The number of carbonyl (C=O) groups excluding carboxylic acids is 1. The molecule has 0 bridgehead atoms. The summed E-state index contributed by atoms with van der Waals surface area (Å²) in [6.07, 6.45) is 4.50. The summed E-state index contributed by atoms with van der Waals surface area (Å²) in [5, 5.41) is 0. The van der Waals surface area contributed by atoms with E-state index in [0.717, 1.165) is 25.9 Å². The Balaban J connectivity index is 2.14. The van der Waals surface area contributed by atoms with Gasteiger partial charge in [0.2, 0.25) is 5.56 Å². The Morgan fingerprint density at radius 3 is 2.44 bits per heavy atom. The Hall–Kier alpha value is -1.58. The molecular formula is C12H16N2O2. The minimum Gasteiger partial charge on any atom is -0.337 e. The minimum absolute atomic E-state index is 0.0559. The van der Waals surface area contributed by atoms with Gasteiger partial charge in [-0.25, -0.2) is 0 Å². The van der Waals surface area contributed by atoms with Crippen LogP contribution < -0.4 is 5.56 Å². The quantitative estimate of drug-likeness (QED) is 0.777. The van der Waals surface area contributed by atoms with Crippen molar-refractivity contribution in [1.29, 1.82) is 0 Å². The molecule has 1 N–H and O–H groups in total. The minimum atomic E-state index is -0.222. The summed E-state index contributed by atoms with van der Waals surface area (Å²) in [7, 11) is 0. The van der Waals surface area contributed by atoms with Crippen molar-refractivity contribution >= 4 is 5.91 Å². The molecule has 4 nitrogen and oxygen atoms in total. The van der Waals surface area contributed by atoms with Crippen LogP contribution >= 0.6 is 0 Å². The Labute approximate surface area is 94.3 Å². The lowest BCUT2D eigenvalue weighted by molar-refractivity contribution is 0.0755. The lowest BCUT2D eigenvalue weighted by atomic mass is 10.2. The molecule has 2 rings (SSSR count). The van der Waals surface area contributed by atoms with Crippen LogP contribution in [0.4, 0.5) is 0 Å². The number of hydrogen-bond donors (Lipinski definition) is 1. The molecule has 0 unspecified atom stereocenters. The maximum absolute atomic E-state index is 12.1. The number of rotatable bonds is 1. The molecule has 1 fully saturated rings. The molecule has 0 aliphatic carbocycles. The molecule has 1 amide bonds. The van der Waals surface area contributed by atoms with Gasteiger partial charge in [0.1, 0.15) is 5.69 Å². The van der Waals surface area contributed by atoms with Gasteiger partial charge in [-0.15, -0.1) is 0 Å². The van der Waals surface area contributed by atoms with Gasteiger partial charge in [0.25, 0.3) is 5.91 Å². The van der Waals surface area contributed by atoms with E-state index in [1.54, 1.807) is 12.1 Å². The zero-order valence-corrected chi connectivity index (χ0v) is 9.24. The van der Waals surface area contributed by atoms with Crippen LogP contribution in [0, 0.1) is 0 Å². The number of nitrogens with one attached hydrogen (secondary N) is 1. The van der Waals surface area contributed by atoms with Gasteiger partial charge in [-0.2, -0.15) is 0 Å². The largest absolute Gasteiger partial charge is 0.337 e. The molecule has 1 aliphatic rings. The van der Waals surface area contributed by atoms with Gasteiger partial charge in [0.05, 0.1) is 0 Å². The predicted molar refractivity (Wildman–Crippen MR) is 61.4 cm³/mol. The fourth-order valence-electron chi connectivity index (χ4n) is 2.02. The smallest absolute Gasteiger partial charge is 0.270 e. The first kappa shape index (κ1) is 10.9. The van der Waals surface area contributed by atoms with Gasteiger partial charge < -0.3 is 9.88 Å². The van der Waals surface area contributed by atoms with Crippen LogP contribution in [-0.4, -0.2) is 28.9 Å². The number of hydrogen-bond acceptors (Lipinski definition) is 2. The summed E-state index contributed by atoms with van der Waals surface area (Å²) in [6.45, 7) is 1.60. The summed E-state index contributed by atoms with van der Waals surface area (Å²) in [4.78, 5) is 27.6. The Morgan fingerprint density at radius 2 is 1.81 bits per heavy atom. The van der Waals surface area contributed by atoms with Crippen LogP contribution in [0.25, 0.3) is 0 Å². The monoisotopic (exact) mass is 220 g/mol. The van der Waals surface area contributed by atoms with Crippen molar-refractivity contribution in [2.24, 2.45) is 0 Å². The van der Waals surface area contributed by atoms with E-state index < -0.39 is 0 Å². The number of aromatic nitrogens is 1. The average molecular weight is 220 g/mol. The first-order chi connectivity index (χ1) is 7.77. The lowest BCUT2D eigenvalue weighted by Gasteiger charge is -2.19. The number of nitrogens with zero attached hydrogens (tertiary/aromatic N) is 1. The van der Waals surface area contributed by atoms with Crippen molar-refractivity contribution in [2.75, 3.05) is 13.1 Å². The second-order valence-corrected chi connectivity index (χ2v) is 4.14. The highest BCUT2D eigenvalue weighted by atomic mass is 16.2. The fraction of sp³-hybridized carbons (Fsp3) is 0.500. The van der Waals surface area contributed by atoms with Gasteiger partial charge in [-0.3, -0.25) is 9.59 Å². The molecule has 0 radical (unpaired) electrons. The molecule has 0 aromatic carbocycles. The third kappa shape index (κ3) is 2.51. The zero-order chi connectivity index (χ0) is 11.4. The molecule has 1 aromatic heterocycles. The molecule has 1 aromatic rings. The normalized spacial score (nSPS) is 16.9. The number of likely N-dealkylation sites (tertiary alicyclic amines) is 1. The Morgan fingerprint density at radius 1 is 1.12 bits per heavy atom. The van der Waals surface area contributed by atoms with Crippen molar-refractivity contribution in [1.82, 2.24) is 9.88 Å². The number of H-pyrrole nitrogens is 1. The van der Waals surface area contributed by atoms with Crippen LogP contribution in [0.2, 0.25) is 0 Å². The topological polar surface area (TPSA) is 53.2 Å². The van der Waals surface area contributed by atoms with Crippen molar-refractivity contribution in [3.63, 3.8) is 0 Å². The molecule has 1 saturated heterocycles. The fourth-order valence-corrected chi connectivity index (χ4v) is 2.02. The van der Waals surface area contributed by atoms with E-state index in [0.29, 0.717) is 5.69 Å². The molecule has 16 heavy (non-hydrogen) atoms. The first-order valence-corrected chi connectivity index (χ1v) is 5.76. The van der Waals surface area contributed by atoms with Gasteiger partial charge in [0, 0.05) is 19.2 Å². The first-order valence-electron chi connectivity index (χ1n) is 5.76. The third-order valence-corrected chi connectivity index (χ3v) is 2.89. The highest BCUT2D eigenvalue weighted by Crippen LogP contribution is 2.11. The second kappa shape index (κ2) is 4.96. The van der Waals surface area contributed by atoms with E-state index in [9.17, 15) is 9.59 Å². The number of carbonyl (C=O) groups is 1. The van der Waals surface area contributed by atoms with Crippen molar-refractivity contribution in [2.45, 2.75) is 25.7 Å². The highest BCUT2D eigenvalue weighted by Gasteiger charge is 2.17. The van der Waals surface area contributed by atoms with E-state index >= 15 is 0 Å². The number of amides is 1. The molecule has 86 valence electrons. The summed E-state index contributed by atoms with van der Waals surface area (Å²) in [5.41, 5.74) is 0.176. The molecule has 0 atom stereocenters. The number of aromatic amines is 1. The van der Waals surface area contributed by atoms with Gasteiger partial charge in [0.15, 0.2) is 0 Å². The Kier molecular flexibility index (Phi) is 3.39.